The number of aromatic amines is 1. The number of hydrogen-bond acceptors (Lipinski definition) is 2. The summed E-state index contributed by atoms with van der Waals surface area (Å²) in [7, 11) is 0. The molecule has 3 rings (SSSR count). The van der Waals surface area contributed by atoms with Crippen molar-refractivity contribution < 1.29 is 9.90 Å². The topological polar surface area (TPSA) is 65.1 Å². The molecular formula is C12H11ClN2O2. The van der Waals surface area contributed by atoms with Crippen LogP contribution in [-0.2, 0) is 17.8 Å². The van der Waals surface area contributed by atoms with Crippen molar-refractivity contribution in [1.82, 2.24) is 10.3 Å². The Morgan fingerprint density at radius 3 is 3.06 bits per heavy atom. The summed E-state index contributed by atoms with van der Waals surface area (Å²) in [6, 6.07) is 5.14. The summed E-state index contributed by atoms with van der Waals surface area (Å²) in [4.78, 5) is 14.3. The molecule has 0 bridgehead atoms. The SMILES string of the molecule is O=C(O)C1Cc2c([nH]c3cccc(Cl)c23)CN1. The van der Waals surface area contributed by atoms with Gasteiger partial charge in [0.15, 0.2) is 0 Å². The molecule has 1 aromatic carbocycles. The fourth-order valence-electron chi connectivity index (χ4n) is 2.38. The molecule has 0 saturated carbocycles. The van der Waals surface area contributed by atoms with Crippen LogP contribution in [0.25, 0.3) is 10.9 Å². The monoisotopic (exact) mass is 250 g/mol. The van der Waals surface area contributed by atoms with Crippen LogP contribution >= 0.6 is 11.6 Å². The predicted octanol–water partition coefficient (Wildman–Crippen LogP) is 1.92. The van der Waals surface area contributed by atoms with Crippen molar-refractivity contribution in [2.45, 2.75) is 19.0 Å². The maximum absolute atomic E-state index is 11.0. The van der Waals surface area contributed by atoms with Gasteiger partial charge < -0.3 is 10.1 Å². The molecule has 2 aromatic rings. The fraction of sp³-hybridized carbons (Fsp3) is 0.250. The van der Waals surface area contributed by atoms with Gasteiger partial charge in [0.25, 0.3) is 0 Å². The lowest BCUT2D eigenvalue weighted by Crippen LogP contribution is -2.41. The first-order valence-corrected chi connectivity index (χ1v) is 5.78. The molecule has 2 heterocycles. The van der Waals surface area contributed by atoms with Crippen molar-refractivity contribution in [3.63, 3.8) is 0 Å². The van der Waals surface area contributed by atoms with Crippen molar-refractivity contribution in [1.29, 1.82) is 0 Å². The van der Waals surface area contributed by atoms with E-state index in [0.717, 1.165) is 22.2 Å². The fourth-order valence-corrected chi connectivity index (χ4v) is 2.66. The number of hydrogen-bond donors (Lipinski definition) is 3. The molecule has 0 fully saturated rings. The van der Waals surface area contributed by atoms with Gasteiger partial charge in [-0.1, -0.05) is 17.7 Å². The minimum atomic E-state index is -0.822. The highest BCUT2D eigenvalue weighted by molar-refractivity contribution is 6.35. The highest BCUT2D eigenvalue weighted by Crippen LogP contribution is 2.31. The van der Waals surface area contributed by atoms with Crippen molar-refractivity contribution in [2.75, 3.05) is 0 Å². The van der Waals surface area contributed by atoms with Crippen molar-refractivity contribution in [2.24, 2.45) is 0 Å². The molecule has 4 nitrogen and oxygen atoms in total. The van der Waals surface area contributed by atoms with Gasteiger partial charge in [0, 0.05) is 29.6 Å². The summed E-state index contributed by atoms with van der Waals surface area (Å²) in [6.07, 6.45) is 0.467. The molecule has 1 aliphatic rings. The molecule has 0 amide bonds. The maximum Gasteiger partial charge on any atom is 0.321 e. The molecule has 0 radical (unpaired) electrons. The molecule has 1 atom stereocenters. The lowest BCUT2D eigenvalue weighted by atomic mass is 9.99. The average Bonchev–Trinajstić information content (AvgIpc) is 2.67. The van der Waals surface area contributed by atoms with Crippen molar-refractivity contribution >= 4 is 28.5 Å². The quantitative estimate of drug-likeness (QED) is 0.725. The average molecular weight is 251 g/mol. The van der Waals surface area contributed by atoms with Crippen LogP contribution in [0.15, 0.2) is 18.2 Å². The van der Waals surface area contributed by atoms with E-state index in [0.29, 0.717) is 18.0 Å². The Labute approximate surface area is 103 Å². The molecule has 1 aliphatic heterocycles. The van der Waals surface area contributed by atoms with E-state index in [2.05, 4.69) is 10.3 Å². The molecule has 0 aliphatic carbocycles. The second-order valence-corrected chi connectivity index (χ2v) is 4.63. The van der Waals surface area contributed by atoms with Gasteiger partial charge in [-0.05, 0) is 17.7 Å². The van der Waals surface area contributed by atoms with Gasteiger partial charge in [-0.3, -0.25) is 10.1 Å². The number of carboxylic acid groups (broad SMARTS) is 1. The second-order valence-electron chi connectivity index (χ2n) is 4.22. The lowest BCUT2D eigenvalue weighted by Gasteiger charge is -2.20. The number of carboxylic acids is 1. The first-order valence-electron chi connectivity index (χ1n) is 5.41. The molecular weight excluding hydrogens is 240 g/mol. The normalized spacial score (nSPS) is 19.2. The predicted molar refractivity (Wildman–Crippen MR) is 65.3 cm³/mol. The zero-order valence-electron chi connectivity index (χ0n) is 8.96. The largest absolute Gasteiger partial charge is 0.480 e. The van der Waals surface area contributed by atoms with E-state index in [4.69, 9.17) is 16.7 Å². The van der Waals surface area contributed by atoms with Crippen LogP contribution in [-0.4, -0.2) is 22.1 Å². The summed E-state index contributed by atoms with van der Waals surface area (Å²) in [6.45, 7) is 0.539. The molecule has 0 saturated heterocycles. The smallest absolute Gasteiger partial charge is 0.321 e. The highest BCUT2D eigenvalue weighted by Gasteiger charge is 2.27. The Morgan fingerprint density at radius 1 is 1.47 bits per heavy atom. The number of rotatable bonds is 1. The second kappa shape index (κ2) is 3.75. The van der Waals surface area contributed by atoms with Crippen molar-refractivity contribution in [3.8, 4) is 0 Å². The number of aromatic nitrogens is 1. The molecule has 17 heavy (non-hydrogen) atoms. The Hall–Kier alpha value is -1.52. The summed E-state index contributed by atoms with van der Waals surface area (Å²) < 4.78 is 0. The third-order valence-corrected chi connectivity index (χ3v) is 3.51. The van der Waals surface area contributed by atoms with Crippen LogP contribution in [0.4, 0.5) is 0 Å². The van der Waals surface area contributed by atoms with Crippen LogP contribution in [0.2, 0.25) is 5.02 Å². The highest BCUT2D eigenvalue weighted by atomic mass is 35.5. The number of nitrogens with one attached hydrogen (secondary N) is 2. The summed E-state index contributed by atoms with van der Waals surface area (Å²) in [5.74, 6) is -0.822. The van der Waals surface area contributed by atoms with Gasteiger partial charge >= 0.3 is 5.97 Å². The van der Waals surface area contributed by atoms with Gasteiger partial charge in [-0.25, -0.2) is 0 Å². The number of fused-ring (bicyclic) bond motifs is 3. The first-order chi connectivity index (χ1) is 8.16. The Balaban J connectivity index is 2.17. The maximum atomic E-state index is 11.0. The molecule has 1 aromatic heterocycles. The zero-order chi connectivity index (χ0) is 12.0. The van der Waals surface area contributed by atoms with E-state index < -0.39 is 12.0 Å². The van der Waals surface area contributed by atoms with Crippen molar-refractivity contribution in [3.05, 3.63) is 34.5 Å². The van der Waals surface area contributed by atoms with Crippen LogP contribution in [0.5, 0.6) is 0 Å². The van der Waals surface area contributed by atoms with Crippen LogP contribution < -0.4 is 5.32 Å². The molecule has 5 heteroatoms. The van der Waals surface area contributed by atoms with Crippen LogP contribution in [0, 0.1) is 0 Å². The molecule has 88 valence electrons. The third kappa shape index (κ3) is 1.61. The van der Waals surface area contributed by atoms with Crippen LogP contribution in [0.3, 0.4) is 0 Å². The van der Waals surface area contributed by atoms with Gasteiger partial charge in [0.05, 0.1) is 5.02 Å². The van der Waals surface area contributed by atoms with E-state index in [1.807, 2.05) is 18.2 Å². The van der Waals surface area contributed by atoms with E-state index >= 15 is 0 Å². The van der Waals surface area contributed by atoms with E-state index in [1.54, 1.807) is 0 Å². The lowest BCUT2D eigenvalue weighted by molar-refractivity contribution is -0.139. The first kappa shape index (κ1) is 10.6. The Bertz CT molecular complexity index is 606. The zero-order valence-corrected chi connectivity index (χ0v) is 9.71. The van der Waals surface area contributed by atoms with Gasteiger partial charge in [0.1, 0.15) is 6.04 Å². The van der Waals surface area contributed by atoms with E-state index in [9.17, 15) is 4.79 Å². The Morgan fingerprint density at radius 2 is 2.29 bits per heavy atom. The molecule has 0 spiro atoms. The minimum absolute atomic E-state index is 0.467. The third-order valence-electron chi connectivity index (χ3n) is 3.20. The summed E-state index contributed by atoms with van der Waals surface area (Å²) in [5, 5.41) is 13.6. The molecule has 1 unspecified atom stereocenters. The number of H-pyrrole nitrogens is 1. The van der Waals surface area contributed by atoms with E-state index in [-0.39, 0.29) is 0 Å². The van der Waals surface area contributed by atoms with Gasteiger partial charge in [0.2, 0.25) is 0 Å². The number of aliphatic carboxylic acids is 1. The van der Waals surface area contributed by atoms with E-state index in [1.165, 1.54) is 0 Å². The number of benzene rings is 1. The summed E-state index contributed by atoms with van der Waals surface area (Å²) >= 11 is 6.17. The standard InChI is InChI=1S/C12H11ClN2O2/c13-7-2-1-3-8-11(7)6-4-9(12(16)17)14-5-10(6)15-8/h1-3,9,14-15H,4-5H2,(H,16,17). The summed E-state index contributed by atoms with van der Waals surface area (Å²) in [5.41, 5.74) is 3.03. The van der Waals surface area contributed by atoms with Crippen LogP contribution in [0.1, 0.15) is 11.3 Å². The Kier molecular flexibility index (Phi) is 2.34. The minimum Gasteiger partial charge on any atom is -0.480 e. The number of halogens is 1. The van der Waals surface area contributed by atoms with Gasteiger partial charge in [-0.15, -0.1) is 0 Å². The number of carbonyl (C=O) groups is 1. The van der Waals surface area contributed by atoms with Gasteiger partial charge in [-0.2, -0.15) is 0 Å². The molecule has 3 N–H and O–H groups in total.